The first-order valence-corrected chi connectivity index (χ1v) is 10.3. The van der Waals surface area contributed by atoms with Crippen LogP contribution in [0.15, 0.2) is 23.1 Å². The van der Waals surface area contributed by atoms with Crippen molar-refractivity contribution in [1.82, 2.24) is 4.72 Å². The van der Waals surface area contributed by atoms with Crippen molar-refractivity contribution in [3.8, 4) is 0 Å². The van der Waals surface area contributed by atoms with Crippen LogP contribution >= 0.6 is 0 Å². The van der Waals surface area contributed by atoms with Crippen LogP contribution in [0.5, 0.6) is 0 Å². The third-order valence-electron chi connectivity index (χ3n) is 4.82. The van der Waals surface area contributed by atoms with Gasteiger partial charge in [-0.15, -0.1) is 0 Å². The van der Waals surface area contributed by atoms with E-state index < -0.39 is 10.0 Å². The van der Waals surface area contributed by atoms with Crippen molar-refractivity contribution >= 4 is 21.6 Å². The van der Waals surface area contributed by atoms with Crippen molar-refractivity contribution in [3.63, 3.8) is 0 Å². The number of anilines is 1. The fourth-order valence-electron chi connectivity index (χ4n) is 3.59. The van der Waals surface area contributed by atoms with Crippen molar-refractivity contribution in [1.29, 1.82) is 0 Å². The standard InChI is InChI=1S/C18H26N2O3S/c1-13(2)11-18(21)20-10-9-14-12-16(7-8-17(14)20)24(22,23)19-15-5-3-4-6-15/h7-8,12-13,15,19H,3-6,9-11H2,1-2H3. The Morgan fingerprint density at radius 3 is 2.67 bits per heavy atom. The van der Waals surface area contributed by atoms with Gasteiger partial charge in [0.15, 0.2) is 0 Å². The van der Waals surface area contributed by atoms with Crippen LogP contribution < -0.4 is 9.62 Å². The highest BCUT2D eigenvalue weighted by molar-refractivity contribution is 7.89. The summed E-state index contributed by atoms with van der Waals surface area (Å²) >= 11 is 0. The Hall–Kier alpha value is -1.40. The summed E-state index contributed by atoms with van der Waals surface area (Å²) in [4.78, 5) is 14.4. The average molecular weight is 350 g/mol. The summed E-state index contributed by atoms with van der Waals surface area (Å²) in [7, 11) is -3.48. The lowest BCUT2D eigenvalue weighted by molar-refractivity contribution is -0.119. The smallest absolute Gasteiger partial charge is 0.240 e. The molecule has 1 amide bonds. The normalized spacial score (nSPS) is 18.4. The summed E-state index contributed by atoms with van der Waals surface area (Å²) in [6.07, 6.45) is 5.24. The van der Waals surface area contributed by atoms with Crippen LogP contribution in [0.2, 0.25) is 0 Å². The average Bonchev–Trinajstić information content (AvgIpc) is 3.14. The molecule has 2 aliphatic rings. The molecule has 6 heteroatoms. The number of carbonyl (C=O) groups excluding carboxylic acids is 1. The van der Waals surface area contributed by atoms with Crippen molar-refractivity contribution in [2.45, 2.75) is 63.3 Å². The van der Waals surface area contributed by atoms with Crippen molar-refractivity contribution < 1.29 is 13.2 Å². The van der Waals surface area contributed by atoms with Gasteiger partial charge >= 0.3 is 0 Å². The summed E-state index contributed by atoms with van der Waals surface area (Å²) in [5.41, 5.74) is 1.81. The molecule has 3 rings (SSSR count). The largest absolute Gasteiger partial charge is 0.312 e. The summed E-state index contributed by atoms with van der Waals surface area (Å²) in [5, 5.41) is 0. The number of fused-ring (bicyclic) bond motifs is 1. The Bertz CT molecular complexity index is 722. The van der Waals surface area contributed by atoms with E-state index in [0.717, 1.165) is 36.9 Å². The molecule has 0 saturated heterocycles. The minimum absolute atomic E-state index is 0.0624. The molecule has 24 heavy (non-hydrogen) atoms. The second-order valence-electron chi connectivity index (χ2n) is 7.29. The third kappa shape index (κ3) is 3.64. The van der Waals surface area contributed by atoms with Crippen LogP contribution in [-0.4, -0.2) is 26.9 Å². The number of hydrogen-bond donors (Lipinski definition) is 1. The molecule has 1 aromatic rings. The number of benzene rings is 1. The van der Waals surface area contributed by atoms with E-state index in [9.17, 15) is 13.2 Å². The van der Waals surface area contributed by atoms with Crippen LogP contribution in [0, 0.1) is 5.92 Å². The predicted molar refractivity (Wildman–Crippen MR) is 94.5 cm³/mol. The topological polar surface area (TPSA) is 66.5 Å². The number of hydrogen-bond acceptors (Lipinski definition) is 3. The molecule has 1 saturated carbocycles. The molecule has 1 heterocycles. The van der Waals surface area contributed by atoms with Crippen LogP contribution in [0.25, 0.3) is 0 Å². The van der Waals surface area contributed by atoms with Gasteiger partial charge < -0.3 is 4.90 Å². The van der Waals surface area contributed by atoms with E-state index in [2.05, 4.69) is 4.72 Å². The van der Waals surface area contributed by atoms with Crippen LogP contribution in [-0.2, 0) is 21.2 Å². The molecule has 1 fully saturated rings. The van der Waals surface area contributed by atoms with Gasteiger partial charge in [0.05, 0.1) is 4.90 Å². The number of carbonyl (C=O) groups is 1. The summed E-state index contributed by atoms with van der Waals surface area (Å²) in [6.45, 7) is 4.69. The lowest BCUT2D eigenvalue weighted by atomic mass is 10.1. The molecule has 1 aliphatic carbocycles. The number of amides is 1. The van der Waals surface area contributed by atoms with Crippen LogP contribution in [0.1, 0.15) is 51.5 Å². The molecule has 0 unspecified atom stereocenters. The van der Waals surface area contributed by atoms with Gasteiger partial charge in [0, 0.05) is 24.7 Å². The van der Waals surface area contributed by atoms with Crippen molar-refractivity contribution in [2.75, 3.05) is 11.4 Å². The minimum atomic E-state index is -3.48. The Kier molecular flexibility index (Phi) is 4.97. The Morgan fingerprint density at radius 1 is 1.29 bits per heavy atom. The zero-order valence-corrected chi connectivity index (χ0v) is 15.2. The second kappa shape index (κ2) is 6.84. The van der Waals surface area contributed by atoms with E-state index in [-0.39, 0.29) is 11.9 Å². The molecule has 1 aliphatic heterocycles. The quantitative estimate of drug-likeness (QED) is 0.888. The third-order valence-corrected chi connectivity index (χ3v) is 6.34. The molecule has 0 bridgehead atoms. The predicted octanol–water partition coefficient (Wildman–Crippen LogP) is 2.84. The number of nitrogens with one attached hydrogen (secondary N) is 1. The monoisotopic (exact) mass is 350 g/mol. The maximum absolute atomic E-state index is 12.6. The highest BCUT2D eigenvalue weighted by Gasteiger charge is 2.28. The van der Waals surface area contributed by atoms with Gasteiger partial charge in [-0.1, -0.05) is 26.7 Å². The number of rotatable bonds is 5. The first-order valence-electron chi connectivity index (χ1n) is 8.82. The molecular weight excluding hydrogens is 324 g/mol. The van der Waals surface area contributed by atoms with Gasteiger partial charge in [0.25, 0.3) is 0 Å². The maximum Gasteiger partial charge on any atom is 0.240 e. The Labute approximate surface area is 144 Å². The lowest BCUT2D eigenvalue weighted by Gasteiger charge is -2.19. The molecule has 5 nitrogen and oxygen atoms in total. The first kappa shape index (κ1) is 17.4. The molecule has 0 atom stereocenters. The number of sulfonamides is 1. The summed E-state index contributed by atoms with van der Waals surface area (Å²) in [5.74, 6) is 0.431. The second-order valence-corrected chi connectivity index (χ2v) is 9.00. The molecule has 1 N–H and O–H groups in total. The van der Waals surface area contributed by atoms with Gasteiger partial charge in [0.2, 0.25) is 15.9 Å². The van der Waals surface area contributed by atoms with Gasteiger partial charge in [0.1, 0.15) is 0 Å². The summed E-state index contributed by atoms with van der Waals surface area (Å²) < 4.78 is 27.9. The highest BCUT2D eigenvalue weighted by Crippen LogP contribution is 2.31. The maximum atomic E-state index is 12.6. The van der Waals surface area contributed by atoms with E-state index in [1.165, 1.54) is 0 Å². The van der Waals surface area contributed by atoms with E-state index in [1.807, 2.05) is 13.8 Å². The van der Waals surface area contributed by atoms with Crippen molar-refractivity contribution in [3.05, 3.63) is 23.8 Å². The zero-order chi connectivity index (χ0) is 17.3. The molecule has 0 spiro atoms. The summed E-state index contributed by atoms with van der Waals surface area (Å²) in [6, 6.07) is 5.20. The molecule has 132 valence electrons. The van der Waals surface area contributed by atoms with Crippen LogP contribution in [0.4, 0.5) is 5.69 Å². The van der Waals surface area contributed by atoms with E-state index in [1.54, 1.807) is 23.1 Å². The SMILES string of the molecule is CC(C)CC(=O)N1CCc2cc(S(=O)(=O)NC3CCCC3)ccc21. The van der Waals surface area contributed by atoms with E-state index >= 15 is 0 Å². The van der Waals surface area contributed by atoms with Gasteiger partial charge in [-0.05, 0) is 48.9 Å². The van der Waals surface area contributed by atoms with Gasteiger partial charge in [-0.3, -0.25) is 4.79 Å². The fourth-order valence-corrected chi connectivity index (χ4v) is 4.95. The highest BCUT2D eigenvalue weighted by atomic mass is 32.2. The molecule has 0 aromatic heterocycles. The number of nitrogens with zero attached hydrogens (tertiary/aromatic N) is 1. The van der Waals surface area contributed by atoms with Gasteiger partial charge in [-0.25, -0.2) is 13.1 Å². The lowest BCUT2D eigenvalue weighted by Crippen LogP contribution is -2.32. The first-order chi connectivity index (χ1) is 11.4. The van der Waals surface area contributed by atoms with E-state index in [4.69, 9.17) is 0 Å². The Balaban J connectivity index is 1.78. The van der Waals surface area contributed by atoms with Crippen molar-refractivity contribution in [2.24, 2.45) is 5.92 Å². The molecule has 0 radical (unpaired) electrons. The van der Waals surface area contributed by atoms with Gasteiger partial charge in [-0.2, -0.15) is 0 Å². The molecular formula is C18H26N2O3S. The van der Waals surface area contributed by atoms with E-state index in [0.29, 0.717) is 30.2 Å². The van der Waals surface area contributed by atoms with Crippen LogP contribution in [0.3, 0.4) is 0 Å². The zero-order valence-electron chi connectivity index (χ0n) is 14.4. The molecule has 1 aromatic carbocycles. The minimum Gasteiger partial charge on any atom is -0.312 e. The fraction of sp³-hybridized carbons (Fsp3) is 0.611. The Morgan fingerprint density at radius 2 is 2.00 bits per heavy atom.